The average molecular weight is 302 g/mol. The zero-order valence-corrected chi connectivity index (χ0v) is 10.7. The average Bonchev–Trinajstić information content (AvgIpc) is 2.36. The lowest BCUT2D eigenvalue weighted by Crippen LogP contribution is -2.33. The largest absolute Gasteiger partial charge is 0.497 e. The van der Waals surface area contributed by atoms with Crippen LogP contribution in [0.2, 0.25) is 0 Å². The van der Waals surface area contributed by atoms with Crippen molar-refractivity contribution in [3.05, 3.63) is 28.2 Å². The van der Waals surface area contributed by atoms with E-state index in [4.69, 9.17) is 15.7 Å². The number of amidine groups is 1. The number of hydrogen-bond donors (Lipinski definition) is 3. The second-order valence-electron chi connectivity index (χ2n) is 3.12. The molecule has 17 heavy (non-hydrogen) atoms. The van der Waals surface area contributed by atoms with Crippen molar-refractivity contribution in [3.63, 3.8) is 0 Å². The molecule has 0 bridgehead atoms. The Labute approximate surface area is 107 Å². The first-order chi connectivity index (χ1) is 8.08. The third kappa shape index (κ3) is 3.63. The van der Waals surface area contributed by atoms with Crippen molar-refractivity contribution < 1.29 is 14.7 Å². The van der Waals surface area contributed by atoms with Gasteiger partial charge in [-0.15, -0.1) is 0 Å². The number of amides is 1. The zero-order chi connectivity index (χ0) is 12.8. The van der Waals surface area contributed by atoms with E-state index in [9.17, 15) is 4.79 Å². The number of nitrogens with zero attached hydrogens (tertiary/aromatic N) is 1. The molecule has 0 heterocycles. The van der Waals surface area contributed by atoms with Crippen LogP contribution in [0.15, 0.2) is 27.8 Å². The Morgan fingerprint density at radius 3 is 2.94 bits per heavy atom. The highest BCUT2D eigenvalue weighted by Crippen LogP contribution is 2.22. The van der Waals surface area contributed by atoms with Gasteiger partial charge in [-0.1, -0.05) is 5.16 Å². The summed E-state index contributed by atoms with van der Waals surface area (Å²) in [6.07, 6.45) is 0. The molecule has 0 radical (unpaired) electrons. The minimum Gasteiger partial charge on any atom is -0.497 e. The van der Waals surface area contributed by atoms with Crippen LogP contribution in [0.4, 0.5) is 0 Å². The Balaban J connectivity index is 2.81. The maximum Gasteiger partial charge on any atom is 0.252 e. The van der Waals surface area contributed by atoms with Crippen molar-refractivity contribution in [2.45, 2.75) is 0 Å². The van der Waals surface area contributed by atoms with Gasteiger partial charge in [-0.3, -0.25) is 4.79 Å². The Kier molecular flexibility index (Phi) is 4.77. The van der Waals surface area contributed by atoms with Gasteiger partial charge in [-0.05, 0) is 34.1 Å². The minimum absolute atomic E-state index is 0.0288. The van der Waals surface area contributed by atoms with Crippen LogP contribution in [0.5, 0.6) is 5.75 Å². The molecule has 7 heteroatoms. The number of ether oxygens (including phenoxy) is 1. The van der Waals surface area contributed by atoms with Gasteiger partial charge in [0.05, 0.1) is 19.2 Å². The molecule has 0 saturated carbocycles. The van der Waals surface area contributed by atoms with Gasteiger partial charge < -0.3 is 21.0 Å². The number of carbonyl (C=O) groups excluding carboxylic acids is 1. The van der Waals surface area contributed by atoms with Crippen LogP contribution < -0.4 is 15.8 Å². The number of rotatable bonds is 4. The van der Waals surface area contributed by atoms with E-state index in [1.54, 1.807) is 18.2 Å². The Morgan fingerprint density at radius 2 is 2.35 bits per heavy atom. The van der Waals surface area contributed by atoms with E-state index in [-0.39, 0.29) is 18.3 Å². The summed E-state index contributed by atoms with van der Waals surface area (Å²) in [5.41, 5.74) is 5.65. The number of hydrogen-bond acceptors (Lipinski definition) is 4. The molecule has 0 aliphatic carbocycles. The first kappa shape index (κ1) is 13.3. The topological polar surface area (TPSA) is 96.9 Å². The van der Waals surface area contributed by atoms with Crippen LogP contribution in [0, 0.1) is 0 Å². The molecule has 1 aromatic carbocycles. The van der Waals surface area contributed by atoms with Crippen LogP contribution in [0.1, 0.15) is 10.4 Å². The van der Waals surface area contributed by atoms with Gasteiger partial charge in [0.2, 0.25) is 0 Å². The molecule has 0 unspecified atom stereocenters. The Hall–Kier alpha value is -1.76. The lowest BCUT2D eigenvalue weighted by molar-refractivity contribution is 0.0958. The van der Waals surface area contributed by atoms with Gasteiger partial charge in [-0.25, -0.2) is 0 Å². The summed E-state index contributed by atoms with van der Waals surface area (Å²) in [5.74, 6) is 0.155. The summed E-state index contributed by atoms with van der Waals surface area (Å²) in [6.45, 7) is -0.0288. The molecule has 0 saturated heterocycles. The molecule has 6 nitrogen and oxygen atoms in total. The SMILES string of the molecule is COc1ccc(Br)c(C(=O)NC/C(N)=N/O)c1. The molecule has 1 aromatic rings. The second-order valence-corrected chi connectivity index (χ2v) is 3.97. The number of carbonyl (C=O) groups is 1. The fourth-order valence-corrected chi connectivity index (χ4v) is 1.53. The van der Waals surface area contributed by atoms with E-state index >= 15 is 0 Å². The molecular formula is C10H12BrN3O3. The molecule has 1 rings (SSSR count). The van der Waals surface area contributed by atoms with Crippen molar-refractivity contribution >= 4 is 27.7 Å². The fraction of sp³-hybridized carbons (Fsp3) is 0.200. The predicted octanol–water partition coefficient (Wildman–Crippen LogP) is 0.934. The highest BCUT2D eigenvalue weighted by atomic mass is 79.9. The van der Waals surface area contributed by atoms with E-state index in [1.165, 1.54) is 7.11 Å². The molecule has 0 atom stereocenters. The van der Waals surface area contributed by atoms with Crippen molar-refractivity contribution in [2.24, 2.45) is 10.9 Å². The summed E-state index contributed by atoms with van der Waals surface area (Å²) in [6, 6.07) is 5.02. The number of benzene rings is 1. The number of nitrogens with two attached hydrogens (primary N) is 1. The van der Waals surface area contributed by atoms with Crippen molar-refractivity contribution in [3.8, 4) is 5.75 Å². The first-order valence-electron chi connectivity index (χ1n) is 4.66. The molecule has 0 fully saturated rings. The molecule has 1 amide bonds. The van der Waals surface area contributed by atoms with Crippen molar-refractivity contribution in [1.82, 2.24) is 5.32 Å². The predicted molar refractivity (Wildman–Crippen MR) is 66.4 cm³/mol. The molecule has 4 N–H and O–H groups in total. The summed E-state index contributed by atoms with van der Waals surface area (Å²) in [7, 11) is 1.52. The van der Waals surface area contributed by atoms with E-state index < -0.39 is 0 Å². The standard InChI is InChI=1S/C10H12BrN3O3/c1-17-6-2-3-8(11)7(4-6)10(15)13-5-9(12)14-16/h2-4,16H,5H2,1H3,(H2,12,14)(H,13,15). The van der Waals surface area contributed by atoms with Crippen LogP contribution in [-0.4, -0.2) is 30.6 Å². The van der Waals surface area contributed by atoms with E-state index in [2.05, 4.69) is 26.4 Å². The van der Waals surface area contributed by atoms with Gasteiger partial charge in [0.25, 0.3) is 5.91 Å². The lowest BCUT2D eigenvalue weighted by atomic mass is 10.2. The van der Waals surface area contributed by atoms with E-state index in [1.807, 2.05) is 0 Å². The third-order valence-electron chi connectivity index (χ3n) is 1.98. The maximum absolute atomic E-state index is 11.8. The van der Waals surface area contributed by atoms with Crippen LogP contribution in [0.3, 0.4) is 0 Å². The van der Waals surface area contributed by atoms with E-state index in [0.717, 1.165) is 0 Å². The van der Waals surface area contributed by atoms with E-state index in [0.29, 0.717) is 15.8 Å². The summed E-state index contributed by atoms with van der Waals surface area (Å²) >= 11 is 3.26. The van der Waals surface area contributed by atoms with Gasteiger partial charge in [0.1, 0.15) is 5.75 Å². The van der Waals surface area contributed by atoms with Gasteiger partial charge in [0.15, 0.2) is 5.84 Å². The zero-order valence-electron chi connectivity index (χ0n) is 9.11. The smallest absolute Gasteiger partial charge is 0.252 e. The molecular weight excluding hydrogens is 290 g/mol. The Morgan fingerprint density at radius 1 is 1.65 bits per heavy atom. The van der Waals surface area contributed by atoms with Gasteiger partial charge in [-0.2, -0.15) is 0 Å². The molecule has 0 aliphatic rings. The second kappa shape index (κ2) is 6.09. The van der Waals surface area contributed by atoms with Crippen LogP contribution in [0.25, 0.3) is 0 Å². The number of nitrogens with one attached hydrogen (secondary N) is 1. The molecule has 0 aromatic heterocycles. The fourth-order valence-electron chi connectivity index (χ4n) is 1.11. The Bertz CT molecular complexity index is 448. The molecule has 0 spiro atoms. The van der Waals surface area contributed by atoms with Crippen molar-refractivity contribution in [1.29, 1.82) is 0 Å². The number of methoxy groups -OCH3 is 1. The first-order valence-corrected chi connectivity index (χ1v) is 5.46. The monoisotopic (exact) mass is 301 g/mol. The summed E-state index contributed by atoms with van der Waals surface area (Å²) < 4.78 is 5.65. The molecule has 0 aliphatic heterocycles. The summed E-state index contributed by atoms with van der Waals surface area (Å²) in [4.78, 5) is 11.8. The van der Waals surface area contributed by atoms with Crippen LogP contribution >= 0.6 is 15.9 Å². The van der Waals surface area contributed by atoms with Crippen molar-refractivity contribution in [2.75, 3.05) is 13.7 Å². The normalized spacial score (nSPS) is 11.1. The number of oxime groups is 1. The summed E-state index contributed by atoms with van der Waals surface area (Å²) in [5, 5.41) is 13.6. The maximum atomic E-state index is 11.8. The highest BCUT2D eigenvalue weighted by molar-refractivity contribution is 9.10. The highest BCUT2D eigenvalue weighted by Gasteiger charge is 2.11. The molecule has 92 valence electrons. The van der Waals surface area contributed by atoms with Gasteiger partial charge in [0, 0.05) is 4.47 Å². The van der Waals surface area contributed by atoms with Gasteiger partial charge >= 0.3 is 0 Å². The lowest BCUT2D eigenvalue weighted by Gasteiger charge is -2.07. The number of halogens is 1. The quantitative estimate of drug-likeness (QED) is 0.334. The third-order valence-corrected chi connectivity index (χ3v) is 2.67. The minimum atomic E-state index is -0.345. The van der Waals surface area contributed by atoms with Crippen LogP contribution in [-0.2, 0) is 0 Å².